The number of hydrogen-bond donors (Lipinski definition) is 3. The van der Waals surface area contributed by atoms with Crippen LogP contribution in [0, 0.1) is 6.92 Å². The Balaban J connectivity index is 1.72. The summed E-state index contributed by atoms with van der Waals surface area (Å²) in [5.74, 6) is 0.980. The lowest BCUT2D eigenvalue weighted by molar-refractivity contribution is 0.262. The molecule has 5 nitrogen and oxygen atoms in total. The quantitative estimate of drug-likeness (QED) is 0.737. The standard InChI is InChI=1S/C20H23ClN4O/c1-13-7-8-16(12-17(13)21)25-19(26)24-15-6-4-5-14(11-15)20(2,3)18-22-9-10-23-18/h4-8,11-12H,9-10H2,1-3H3,(H,22,23)(H2,24,25,26). The SMILES string of the molecule is Cc1ccc(NC(=O)Nc2cccc(C(C)(C)C3=NCCN3)c2)cc1Cl. The molecule has 0 atom stereocenters. The smallest absolute Gasteiger partial charge is 0.323 e. The number of nitrogens with zero attached hydrogens (tertiary/aromatic N) is 1. The topological polar surface area (TPSA) is 65.5 Å². The molecule has 1 heterocycles. The van der Waals surface area contributed by atoms with E-state index in [1.54, 1.807) is 6.07 Å². The average molecular weight is 371 g/mol. The fourth-order valence-corrected chi connectivity index (χ4v) is 3.08. The van der Waals surface area contributed by atoms with Crippen LogP contribution < -0.4 is 16.0 Å². The van der Waals surface area contributed by atoms with E-state index in [-0.39, 0.29) is 11.4 Å². The summed E-state index contributed by atoms with van der Waals surface area (Å²) in [6, 6.07) is 12.9. The predicted molar refractivity (Wildman–Crippen MR) is 109 cm³/mol. The Hall–Kier alpha value is -2.53. The molecule has 0 fully saturated rings. The van der Waals surface area contributed by atoms with Crippen LogP contribution in [0.25, 0.3) is 0 Å². The number of hydrogen-bond acceptors (Lipinski definition) is 3. The second-order valence-electron chi connectivity index (χ2n) is 6.91. The minimum absolute atomic E-state index is 0.241. The monoisotopic (exact) mass is 370 g/mol. The molecule has 0 saturated carbocycles. The molecule has 0 aliphatic carbocycles. The van der Waals surface area contributed by atoms with Crippen LogP contribution in [0.4, 0.5) is 16.2 Å². The summed E-state index contributed by atoms with van der Waals surface area (Å²) in [6.07, 6.45) is 0. The Bertz CT molecular complexity index is 861. The molecule has 1 aliphatic rings. The van der Waals surface area contributed by atoms with E-state index in [2.05, 4.69) is 34.8 Å². The number of amides is 2. The Labute approximate surface area is 158 Å². The van der Waals surface area contributed by atoms with Crippen LogP contribution in [0.1, 0.15) is 25.0 Å². The van der Waals surface area contributed by atoms with Crippen molar-refractivity contribution in [3.05, 3.63) is 58.6 Å². The molecule has 136 valence electrons. The van der Waals surface area contributed by atoms with E-state index in [0.29, 0.717) is 10.7 Å². The van der Waals surface area contributed by atoms with Crippen LogP contribution in [0.15, 0.2) is 47.5 Å². The zero-order chi connectivity index (χ0) is 18.7. The first kappa shape index (κ1) is 18.3. The first-order valence-corrected chi connectivity index (χ1v) is 8.97. The highest BCUT2D eigenvalue weighted by Crippen LogP contribution is 2.27. The predicted octanol–water partition coefficient (Wildman–Crippen LogP) is 4.57. The van der Waals surface area contributed by atoms with E-state index in [0.717, 1.165) is 35.7 Å². The molecule has 0 saturated heterocycles. The van der Waals surface area contributed by atoms with Gasteiger partial charge in [-0.3, -0.25) is 4.99 Å². The molecule has 0 aromatic heterocycles. The van der Waals surface area contributed by atoms with Crippen molar-refractivity contribution in [3.63, 3.8) is 0 Å². The largest absolute Gasteiger partial charge is 0.371 e. The van der Waals surface area contributed by atoms with Crippen LogP contribution in [0.2, 0.25) is 5.02 Å². The van der Waals surface area contributed by atoms with Crippen molar-refractivity contribution in [2.45, 2.75) is 26.2 Å². The highest BCUT2D eigenvalue weighted by atomic mass is 35.5. The van der Waals surface area contributed by atoms with E-state index < -0.39 is 0 Å². The summed E-state index contributed by atoms with van der Waals surface area (Å²) in [6.45, 7) is 7.84. The van der Waals surface area contributed by atoms with Gasteiger partial charge in [0, 0.05) is 28.4 Å². The van der Waals surface area contributed by atoms with Crippen molar-refractivity contribution in [2.24, 2.45) is 4.99 Å². The molecule has 2 amide bonds. The van der Waals surface area contributed by atoms with Crippen molar-refractivity contribution in [2.75, 3.05) is 23.7 Å². The van der Waals surface area contributed by atoms with Gasteiger partial charge >= 0.3 is 6.03 Å². The molecule has 26 heavy (non-hydrogen) atoms. The number of benzene rings is 2. The fourth-order valence-electron chi connectivity index (χ4n) is 2.90. The number of aryl methyl sites for hydroxylation is 1. The normalized spacial score (nSPS) is 13.8. The minimum Gasteiger partial charge on any atom is -0.371 e. The molecule has 0 spiro atoms. The maximum atomic E-state index is 12.3. The van der Waals surface area contributed by atoms with Crippen molar-refractivity contribution in [1.82, 2.24) is 5.32 Å². The van der Waals surface area contributed by atoms with E-state index in [1.165, 1.54) is 0 Å². The summed E-state index contributed by atoms with van der Waals surface area (Å²) in [5, 5.41) is 9.63. The van der Waals surface area contributed by atoms with E-state index >= 15 is 0 Å². The Morgan fingerprint density at radius 3 is 2.54 bits per heavy atom. The summed E-state index contributed by atoms with van der Waals surface area (Å²) in [5.41, 5.74) is 3.19. The average Bonchev–Trinajstić information content (AvgIpc) is 3.14. The number of amidine groups is 1. The Morgan fingerprint density at radius 2 is 1.88 bits per heavy atom. The molecule has 0 unspecified atom stereocenters. The zero-order valence-electron chi connectivity index (χ0n) is 15.2. The molecule has 6 heteroatoms. The third kappa shape index (κ3) is 3.99. The van der Waals surface area contributed by atoms with Crippen molar-refractivity contribution in [3.8, 4) is 0 Å². The number of carbonyl (C=O) groups is 1. The maximum Gasteiger partial charge on any atom is 0.323 e. The van der Waals surface area contributed by atoms with Gasteiger partial charge in [0.1, 0.15) is 5.84 Å². The molecular weight excluding hydrogens is 348 g/mol. The second kappa shape index (κ2) is 7.38. The number of halogens is 1. The first-order valence-electron chi connectivity index (χ1n) is 8.60. The van der Waals surface area contributed by atoms with Crippen molar-refractivity contribution >= 4 is 34.8 Å². The number of aliphatic imine (C=N–C) groups is 1. The second-order valence-corrected chi connectivity index (χ2v) is 7.31. The van der Waals surface area contributed by atoms with Crippen molar-refractivity contribution < 1.29 is 4.79 Å². The van der Waals surface area contributed by atoms with E-state index in [1.807, 2.05) is 43.3 Å². The van der Waals surface area contributed by atoms with Crippen LogP contribution in [-0.4, -0.2) is 25.0 Å². The molecule has 2 aromatic rings. The van der Waals surface area contributed by atoms with Crippen LogP contribution in [0.3, 0.4) is 0 Å². The van der Waals surface area contributed by atoms with Crippen LogP contribution in [0.5, 0.6) is 0 Å². The summed E-state index contributed by atoms with van der Waals surface area (Å²) >= 11 is 6.10. The molecule has 2 aromatic carbocycles. The Kier molecular flexibility index (Phi) is 5.18. The summed E-state index contributed by atoms with van der Waals surface area (Å²) < 4.78 is 0. The molecule has 0 bridgehead atoms. The van der Waals surface area contributed by atoms with Crippen molar-refractivity contribution in [1.29, 1.82) is 0 Å². The fraction of sp³-hybridized carbons (Fsp3) is 0.300. The van der Waals surface area contributed by atoms with E-state index in [9.17, 15) is 4.79 Å². The van der Waals surface area contributed by atoms with Gasteiger partial charge in [-0.2, -0.15) is 0 Å². The first-order chi connectivity index (χ1) is 12.4. The van der Waals surface area contributed by atoms with E-state index in [4.69, 9.17) is 11.6 Å². The molecule has 3 rings (SSSR count). The third-order valence-corrected chi connectivity index (χ3v) is 4.95. The number of rotatable bonds is 4. The molecular formula is C20H23ClN4O. The highest BCUT2D eigenvalue weighted by molar-refractivity contribution is 6.31. The van der Waals surface area contributed by atoms with Gasteiger partial charge in [-0.1, -0.05) is 29.8 Å². The third-order valence-electron chi connectivity index (χ3n) is 4.54. The lowest BCUT2D eigenvalue weighted by atomic mass is 9.83. The van der Waals surface area contributed by atoms with Gasteiger partial charge < -0.3 is 16.0 Å². The summed E-state index contributed by atoms with van der Waals surface area (Å²) in [7, 11) is 0. The maximum absolute atomic E-state index is 12.3. The Morgan fingerprint density at radius 1 is 1.15 bits per heavy atom. The van der Waals surface area contributed by atoms with Gasteiger partial charge in [-0.15, -0.1) is 0 Å². The zero-order valence-corrected chi connectivity index (χ0v) is 15.9. The van der Waals surface area contributed by atoms with Gasteiger partial charge in [0.05, 0.1) is 6.54 Å². The highest BCUT2D eigenvalue weighted by Gasteiger charge is 2.29. The van der Waals surface area contributed by atoms with Gasteiger partial charge in [-0.25, -0.2) is 4.79 Å². The molecule has 1 aliphatic heterocycles. The minimum atomic E-state index is -0.309. The van der Waals surface area contributed by atoms with Gasteiger partial charge in [0.15, 0.2) is 0 Å². The number of nitrogens with one attached hydrogen (secondary N) is 3. The molecule has 3 N–H and O–H groups in total. The van der Waals surface area contributed by atoms with Gasteiger partial charge in [0.25, 0.3) is 0 Å². The van der Waals surface area contributed by atoms with Gasteiger partial charge in [-0.05, 0) is 56.2 Å². The number of carbonyl (C=O) groups excluding carboxylic acids is 1. The van der Waals surface area contributed by atoms with Crippen LogP contribution >= 0.6 is 11.6 Å². The van der Waals surface area contributed by atoms with Gasteiger partial charge in [0.2, 0.25) is 0 Å². The number of urea groups is 1. The summed E-state index contributed by atoms with van der Waals surface area (Å²) in [4.78, 5) is 16.8. The van der Waals surface area contributed by atoms with Crippen LogP contribution in [-0.2, 0) is 5.41 Å². The lowest BCUT2D eigenvalue weighted by Crippen LogP contribution is -2.37. The number of anilines is 2. The lowest BCUT2D eigenvalue weighted by Gasteiger charge is -2.26. The molecule has 0 radical (unpaired) electrons.